The van der Waals surface area contributed by atoms with Crippen LogP contribution in [0.5, 0.6) is 17.2 Å². The quantitative estimate of drug-likeness (QED) is 0.394. The van der Waals surface area contributed by atoms with Crippen LogP contribution in [-0.4, -0.2) is 33.7 Å². The monoisotopic (exact) mass is 454 g/mol. The Kier molecular flexibility index (Phi) is 6.85. The van der Waals surface area contributed by atoms with Gasteiger partial charge in [0.25, 0.3) is 0 Å². The first-order valence-electron chi connectivity index (χ1n) is 9.52. The maximum Gasteiger partial charge on any atom is 0.339 e. The van der Waals surface area contributed by atoms with Crippen LogP contribution in [0, 0.1) is 6.92 Å². The fraction of sp³-hybridized carbons (Fsp3) is 0.125. The Bertz CT molecular complexity index is 1260. The normalized spacial score (nSPS) is 11.3. The summed E-state index contributed by atoms with van der Waals surface area (Å²) in [4.78, 5) is 11.0. The predicted molar refractivity (Wildman–Crippen MR) is 121 cm³/mol. The number of ether oxygens (including phenoxy) is 2. The van der Waals surface area contributed by atoms with Crippen molar-refractivity contribution in [1.29, 1.82) is 0 Å². The van der Waals surface area contributed by atoms with Crippen LogP contribution in [0.3, 0.4) is 0 Å². The largest absolute Gasteiger partial charge is 0.493 e. The molecule has 0 saturated heterocycles. The molecule has 0 amide bonds. The van der Waals surface area contributed by atoms with Crippen LogP contribution in [0.15, 0.2) is 71.6 Å². The third-order valence-electron chi connectivity index (χ3n) is 4.61. The molecule has 0 aliphatic rings. The molecule has 3 rings (SSSR count). The molecule has 0 aromatic heterocycles. The van der Waals surface area contributed by atoms with Crippen LogP contribution in [-0.2, 0) is 14.9 Å². The lowest BCUT2D eigenvalue weighted by molar-refractivity contribution is -0.131. The minimum Gasteiger partial charge on any atom is -0.493 e. The molecule has 32 heavy (non-hydrogen) atoms. The zero-order valence-electron chi connectivity index (χ0n) is 17.7. The van der Waals surface area contributed by atoms with E-state index in [-0.39, 0.29) is 10.6 Å². The fourth-order valence-corrected chi connectivity index (χ4v) is 4.03. The summed E-state index contributed by atoms with van der Waals surface area (Å²) >= 11 is 0. The Morgan fingerprint density at radius 2 is 1.59 bits per heavy atom. The summed E-state index contributed by atoms with van der Waals surface area (Å²) in [5, 5.41) is 8.96. The molecule has 0 fully saturated rings. The lowest BCUT2D eigenvalue weighted by atomic mass is 10.00. The molecule has 0 heterocycles. The molecular formula is C24H22O7S. The van der Waals surface area contributed by atoms with Gasteiger partial charge in [-0.2, -0.15) is 8.42 Å². The summed E-state index contributed by atoms with van der Waals surface area (Å²) in [6, 6.07) is 16.2. The van der Waals surface area contributed by atoms with E-state index in [2.05, 4.69) is 0 Å². The molecule has 0 radical (unpaired) electrons. The highest BCUT2D eigenvalue weighted by atomic mass is 32.2. The van der Waals surface area contributed by atoms with Crippen molar-refractivity contribution in [3.05, 3.63) is 77.9 Å². The molecule has 0 aliphatic carbocycles. The number of para-hydroxylation sites is 1. The first-order valence-corrected chi connectivity index (χ1v) is 10.9. The molecule has 8 heteroatoms. The second-order valence-corrected chi connectivity index (χ2v) is 8.37. The van der Waals surface area contributed by atoms with E-state index in [0.717, 1.165) is 11.6 Å². The number of methoxy groups -OCH3 is 2. The van der Waals surface area contributed by atoms with E-state index in [1.165, 1.54) is 38.5 Å². The van der Waals surface area contributed by atoms with Crippen molar-refractivity contribution in [2.45, 2.75) is 11.8 Å². The van der Waals surface area contributed by atoms with Gasteiger partial charge in [-0.25, -0.2) is 4.79 Å². The van der Waals surface area contributed by atoms with Gasteiger partial charge in [-0.05, 0) is 48.9 Å². The number of aryl methyl sites for hydroxylation is 1. The van der Waals surface area contributed by atoms with Crippen LogP contribution >= 0.6 is 0 Å². The molecule has 166 valence electrons. The van der Waals surface area contributed by atoms with Crippen molar-refractivity contribution in [2.75, 3.05) is 14.2 Å². The van der Waals surface area contributed by atoms with Crippen molar-refractivity contribution in [1.82, 2.24) is 0 Å². The van der Waals surface area contributed by atoms with Crippen molar-refractivity contribution < 1.29 is 32.0 Å². The van der Waals surface area contributed by atoms with Crippen molar-refractivity contribution in [3.8, 4) is 28.4 Å². The van der Waals surface area contributed by atoms with Crippen LogP contribution in [0.1, 0.15) is 11.1 Å². The zero-order chi connectivity index (χ0) is 23.3. The number of benzene rings is 3. The molecule has 0 spiro atoms. The number of rotatable bonds is 8. The molecule has 0 aliphatic heterocycles. The van der Waals surface area contributed by atoms with Crippen LogP contribution in [0.25, 0.3) is 17.2 Å². The topological polar surface area (TPSA) is 99.1 Å². The summed E-state index contributed by atoms with van der Waals surface area (Å²) in [6.45, 7) is 1.86. The van der Waals surface area contributed by atoms with E-state index in [9.17, 15) is 13.2 Å². The highest BCUT2D eigenvalue weighted by molar-refractivity contribution is 7.87. The van der Waals surface area contributed by atoms with Gasteiger partial charge in [0.15, 0.2) is 17.2 Å². The van der Waals surface area contributed by atoms with E-state index in [0.29, 0.717) is 28.2 Å². The molecule has 1 N–H and O–H groups in total. The highest BCUT2D eigenvalue weighted by Gasteiger charge is 2.22. The lowest BCUT2D eigenvalue weighted by Crippen LogP contribution is -2.10. The van der Waals surface area contributed by atoms with Gasteiger partial charge < -0.3 is 18.8 Å². The first kappa shape index (κ1) is 22.9. The number of carboxylic acids is 1. The minimum atomic E-state index is -4.09. The van der Waals surface area contributed by atoms with Crippen molar-refractivity contribution in [3.63, 3.8) is 0 Å². The number of hydrogen-bond donors (Lipinski definition) is 1. The number of carbonyl (C=O) groups is 1. The molecule has 0 unspecified atom stereocenters. The Morgan fingerprint density at radius 1 is 0.906 bits per heavy atom. The van der Waals surface area contributed by atoms with Gasteiger partial charge in [-0.1, -0.05) is 35.9 Å². The lowest BCUT2D eigenvalue weighted by Gasteiger charge is -2.17. The van der Waals surface area contributed by atoms with Gasteiger partial charge >= 0.3 is 16.1 Å². The zero-order valence-corrected chi connectivity index (χ0v) is 18.5. The van der Waals surface area contributed by atoms with E-state index in [1.54, 1.807) is 42.5 Å². The third kappa shape index (κ3) is 5.09. The average molecular weight is 455 g/mol. The highest BCUT2D eigenvalue weighted by Crippen LogP contribution is 2.43. The van der Waals surface area contributed by atoms with Gasteiger partial charge in [-0.3, -0.25) is 0 Å². The average Bonchev–Trinajstić information content (AvgIpc) is 2.77. The number of carboxylic acid groups (broad SMARTS) is 1. The van der Waals surface area contributed by atoms with E-state index in [1.807, 2.05) is 6.92 Å². The second-order valence-electron chi connectivity index (χ2n) is 6.82. The molecule has 0 bridgehead atoms. The number of hydrogen-bond acceptors (Lipinski definition) is 6. The Hall–Kier alpha value is -3.78. The van der Waals surface area contributed by atoms with Crippen LogP contribution in [0.2, 0.25) is 0 Å². The molecule has 0 saturated carbocycles. The maximum absolute atomic E-state index is 12.9. The van der Waals surface area contributed by atoms with Gasteiger partial charge in [0.2, 0.25) is 0 Å². The van der Waals surface area contributed by atoms with E-state index < -0.39 is 16.1 Å². The SMILES string of the molecule is COc1cc(/C=C/C(=O)O)cc(-c2ccccc2OS(=O)(=O)c2ccc(C)cc2)c1OC. The summed E-state index contributed by atoms with van der Waals surface area (Å²) < 4.78 is 42.1. The molecule has 3 aromatic carbocycles. The van der Waals surface area contributed by atoms with Crippen LogP contribution in [0.4, 0.5) is 0 Å². The standard InChI is InChI=1S/C24H22O7S/c1-16-8-11-18(12-9-16)32(27,28)31-21-7-5-4-6-19(21)20-14-17(10-13-23(25)26)15-22(29-2)24(20)30-3/h4-15H,1-3H3,(H,25,26)/b13-10+. The first-order chi connectivity index (χ1) is 15.2. The van der Waals surface area contributed by atoms with Crippen molar-refractivity contribution >= 4 is 22.2 Å². The maximum atomic E-state index is 12.9. The minimum absolute atomic E-state index is 0.0283. The molecule has 0 atom stereocenters. The summed E-state index contributed by atoms with van der Waals surface area (Å²) in [6.07, 6.45) is 2.40. The second kappa shape index (κ2) is 9.57. The molecular weight excluding hydrogens is 432 g/mol. The Morgan fingerprint density at radius 3 is 2.22 bits per heavy atom. The summed E-state index contributed by atoms with van der Waals surface area (Å²) in [5.41, 5.74) is 2.36. The van der Waals surface area contributed by atoms with Gasteiger partial charge in [-0.15, -0.1) is 0 Å². The van der Waals surface area contributed by atoms with Crippen molar-refractivity contribution in [2.24, 2.45) is 0 Å². The Labute approximate surface area is 186 Å². The smallest absolute Gasteiger partial charge is 0.339 e. The third-order valence-corrected chi connectivity index (χ3v) is 5.85. The summed E-state index contributed by atoms with van der Waals surface area (Å²) in [7, 11) is -1.18. The fourth-order valence-electron chi connectivity index (χ4n) is 3.08. The van der Waals surface area contributed by atoms with Gasteiger partial charge in [0.05, 0.1) is 14.2 Å². The van der Waals surface area contributed by atoms with Gasteiger partial charge in [0.1, 0.15) is 4.90 Å². The molecule has 7 nitrogen and oxygen atoms in total. The Balaban J connectivity index is 2.14. The van der Waals surface area contributed by atoms with Gasteiger partial charge in [0, 0.05) is 17.2 Å². The van der Waals surface area contributed by atoms with E-state index in [4.69, 9.17) is 18.8 Å². The number of aliphatic carboxylic acids is 1. The summed E-state index contributed by atoms with van der Waals surface area (Å²) in [5.74, 6) is -0.308. The van der Waals surface area contributed by atoms with E-state index >= 15 is 0 Å². The molecule has 3 aromatic rings. The predicted octanol–water partition coefficient (Wildman–Crippen LogP) is 4.54. The van der Waals surface area contributed by atoms with Crippen LogP contribution < -0.4 is 13.7 Å².